The molecule has 2 unspecified atom stereocenters. The number of nitrogens with one attached hydrogen (secondary N) is 1. The number of rotatable bonds is 6. The van der Waals surface area contributed by atoms with E-state index >= 15 is 0 Å². The zero-order valence-electron chi connectivity index (χ0n) is 13.1. The highest BCUT2D eigenvalue weighted by atomic mass is 16.5. The number of hydrogen-bond acceptors (Lipinski definition) is 3. The van der Waals surface area contributed by atoms with Gasteiger partial charge in [0.2, 0.25) is 0 Å². The molecule has 1 aromatic carbocycles. The van der Waals surface area contributed by atoms with Crippen LogP contribution in [0.2, 0.25) is 0 Å². The molecule has 1 aliphatic heterocycles. The maximum Gasteiger partial charge on any atom is 0.0587 e. The first-order valence-electron chi connectivity index (χ1n) is 7.72. The van der Waals surface area contributed by atoms with Crippen LogP contribution in [0.15, 0.2) is 24.3 Å². The highest BCUT2D eigenvalue weighted by Crippen LogP contribution is 2.26. The Morgan fingerprint density at radius 1 is 1.15 bits per heavy atom. The van der Waals surface area contributed by atoms with Crippen LogP contribution in [0.5, 0.6) is 0 Å². The Labute approximate surface area is 123 Å². The van der Waals surface area contributed by atoms with E-state index in [9.17, 15) is 0 Å². The molecule has 0 aliphatic carbocycles. The van der Waals surface area contributed by atoms with Crippen LogP contribution >= 0.6 is 0 Å². The second kappa shape index (κ2) is 7.65. The van der Waals surface area contributed by atoms with Gasteiger partial charge in [-0.05, 0) is 36.0 Å². The summed E-state index contributed by atoms with van der Waals surface area (Å²) in [4.78, 5) is 2.53. The number of piperidine rings is 1. The Hall–Kier alpha value is -1.06. The van der Waals surface area contributed by atoms with Crippen LogP contribution in [-0.2, 0) is 11.3 Å². The van der Waals surface area contributed by atoms with E-state index in [4.69, 9.17) is 4.74 Å². The lowest BCUT2D eigenvalue weighted by Crippen LogP contribution is -2.38. The fraction of sp³-hybridized carbons (Fsp3) is 0.647. The van der Waals surface area contributed by atoms with E-state index in [1.807, 2.05) is 0 Å². The summed E-state index contributed by atoms with van der Waals surface area (Å²) < 4.78 is 5.03. The van der Waals surface area contributed by atoms with Crippen LogP contribution in [-0.4, -0.2) is 33.4 Å². The molecule has 0 amide bonds. The molecule has 2 rings (SSSR count). The van der Waals surface area contributed by atoms with Gasteiger partial charge in [0.05, 0.1) is 6.61 Å². The topological polar surface area (TPSA) is 24.5 Å². The lowest BCUT2D eigenvalue weighted by atomic mass is 9.91. The van der Waals surface area contributed by atoms with Crippen LogP contribution in [0, 0.1) is 11.8 Å². The Morgan fingerprint density at radius 2 is 1.80 bits per heavy atom. The van der Waals surface area contributed by atoms with Gasteiger partial charge >= 0.3 is 0 Å². The number of benzene rings is 1. The highest BCUT2D eigenvalue weighted by molar-refractivity contribution is 5.48. The minimum Gasteiger partial charge on any atom is -0.383 e. The van der Waals surface area contributed by atoms with Gasteiger partial charge in [0.25, 0.3) is 0 Å². The van der Waals surface area contributed by atoms with Gasteiger partial charge in [-0.2, -0.15) is 0 Å². The monoisotopic (exact) mass is 276 g/mol. The molecule has 1 aromatic rings. The van der Waals surface area contributed by atoms with Crippen LogP contribution in [0.4, 0.5) is 5.69 Å². The van der Waals surface area contributed by atoms with E-state index in [1.165, 1.54) is 30.8 Å². The van der Waals surface area contributed by atoms with E-state index < -0.39 is 0 Å². The molecule has 112 valence electrons. The summed E-state index contributed by atoms with van der Waals surface area (Å²) in [7, 11) is 1.73. The van der Waals surface area contributed by atoms with E-state index in [-0.39, 0.29) is 0 Å². The molecule has 20 heavy (non-hydrogen) atoms. The fourth-order valence-corrected chi connectivity index (χ4v) is 3.11. The summed E-state index contributed by atoms with van der Waals surface area (Å²) in [5, 5.41) is 3.38. The van der Waals surface area contributed by atoms with Crippen molar-refractivity contribution in [3.8, 4) is 0 Å². The van der Waals surface area contributed by atoms with Gasteiger partial charge in [-0.1, -0.05) is 26.0 Å². The van der Waals surface area contributed by atoms with Gasteiger partial charge in [0.1, 0.15) is 0 Å². The molecular weight excluding hydrogens is 248 g/mol. The predicted molar refractivity (Wildman–Crippen MR) is 85.2 cm³/mol. The Bertz CT molecular complexity index is 380. The molecule has 0 spiro atoms. The molecule has 1 saturated heterocycles. The summed E-state index contributed by atoms with van der Waals surface area (Å²) in [6.07, 6.45) is 1.36. The van der Waals surface area contributed by atoms with E-state index in [0.717, 1.165) is 31.5 Å². The minimum absolute atomic E-state index is 0.766. The third-order valence-electron chi connectivity index (χ3n) is 3.98. The third kappa shape index (κ3) is 4.50. The van der Waals surface area contributed by atoms with Crippen molar-refractivity contribution in [1.29, 1.82) is 0 Å². The first-order valence-corrected chi connectivity index (χ1v) is 7.72. The van der Waals surface area contributed by atoms with Crippen molar-refractivity contribution in [2.45, 2.75) is 26.8 Å². The highest BCUT2D eigenvalue weighted by Gasteiger charge is 2.21. The van der Waals surface area contributed by atoms with E-state index in [2.05, 4.69) is 48.3 Å². The van der Waals surface area contributed by atoms with Crippen molar-refractivity contribution in [2.24, 2.45) is 11.8 Å². The van der Waals surface area contributed by atoms with Crippen LogP contribution < -0.4 is 10.2 Å². The van der Waals surface area contributed by atoms with Crippen molar-refractivity contribution in [1.82, 2.24) is 5.32 Å². The largest absolute Gasteiger partial charge is 0.383 e. The molecule has 0 radical (unpaired) electrons. The number of ether oxygens (including phenoxy) is 1. The Kier molecular flexibility index (Phi) is 5.86. The molecule has 0 bridgehead atoms. The van der Waals surface area contributed by atoms with Gasteiger partial charge in [0.15, 0.2) is 0 Å². The predicted octanol–water partition coefficient (Wildman–Crippen LogP) is 2.90. The quantitative estimate of drug-likeness (QED) is 0.809. The van der Waals surface area contributed by atoms with E-state index in [1.54, 1.807) is 7.11 Å². The third-order valence-corrected chi connectivity index (χ3v) is 3.98. The molecule has 1 fully saturated rings. The molecule has 3 heteroatoms. The molecule has 1 heterocycles. The van der Waals surface area contributed by atoms with Crippen molar-refractivity contribution in [3.63, 3.8) is 0 Å². The summed E-state index contributed by atoms with van der Waals surface area (Å²) >= 11 is 0. The smallest absolute Gasteiger partial charge is 0.0587 e. The summed E-state index contributed by atoms with van der Waals surface area (Å²) in [5.41, 5.74) is 2.70. The van der Waals surface area contributed by atoms with Crippen LogP contribution in [0.1, 0.15) is 25.8 Å². The maximum absolute atomic E-state index is 5.03. The van der Waals surface area contributed by atoms with Crippen LogP contribution in [0.3, 0.4) is 0 Å². The summed E-state index contributed by atoms with van der Waals surface area (Å²) in [5.74, 6) is 1.60. The molecular formula is C17H28N2O. The van der Waals surface area contributed by atoms with Gasteiger partial charge < -0.3 is 15.0 Å². The lowest BCUT2D eigenvalue weighted by Gasteiger charge is -2.36. The zero-order chi connectivity index (χ0) is 14.4. The first-order chi connectivity index (χ1) is 9.69. The number of anilines is 1. The number of nitrogens with zero attached hydrogens (tertiary/aromatic N) is 1. The second-order valence-corrected chi connectivity index (χ2v) is 6.19. The normalized spacial score (nSPS) is 23.1. The van der Waals surface area contributed by atoms with Crippen LogP contribution in [0.25, 0.3) is 0 Å². The zero-order valence-corrected chi connectivity index (χ0v) is 13.1. The van der Waals surface area contributed by atoms with Crippen molar-refractivity contribution in [2.75, 3.05) is 38.3 Å². The van der Waals surface area contributed by atoms with Gasteiger partial charge in [-0.3, -0.25) is 0 Å². The molecule has 2 atom stereocenters. The maximum atomic E-state index is 5.03. The number of hydrogen-bond donors (Lipinski definition) is 1. The Morgan fingerprint density at radius 3 is 2.40 bits per heavy atom. The van der Waals surface area contributed by atoms with Crippen molar-refractivity contribution < 1.29 is 4.74 Å². The molecule has 1 N–H and O–H groups in total. The molecule has 3 nitrogen and oxygen atoms in total. The van der Waals surface area contributed by atoms with Crippen molar-refractivity contribution >= 4 is 5.69 Å². The van der Waals surface area contributed by atoms with Gasteiger partial charge in [0, 0.05) is 39.0 Å². The second-order valence-electron chi connectivity index (χ2n) is 6.19. The minimum atomic E-state index is 0.766. The molecule has 0 aromatic heterocycles. The SMILES string of the molecule is COCCNCc1ccc(N2CC(C)CC(C)C2)cc1. The Balaban J connectivity index is 1.87. The first kappa shape index (κ1) is 15.3. The standard InChI is InChI=1S/C17H28N2O/c1-14-10-15(2)13-19(12-14)17-6-4-16(5-7-17)11-18-8-9-20-3/h4-7,14-15,18H,8-13H2,1-3H3. The lowest BCUT2D eigenvalue weighted by molar-refractivity contribution is 0.199. The number of methoxy groups -OCH3 is 1. The van der Waals surface area contributed by atoms with Crippen molar-refractivity contribution in [3.05, 3.63) is 29.8 Å². The average molecular weight is 276 g/mol. The van der Waals surface area contributed by atoms with E-state index in [0.29, 0.717) is 0 Å². The average Bonchev–Trinajstić information content (AvgIpc) is 2.43. The fourth-order valence-electron chi connectivity index (χ4n) is 3.11. The summed E-state index contributed by atoms with van der Waals surface area (Å²) in [6, 6.07) is 8.99. The molecule has 0 saturated carbocycles. The molecule has 1 aliphatic rings. The summed E-state index contributed by atoms with van der Waals surface area (Å²) in [6.45, 7) is 9.68. The van der Waals surface area contributed by atoms with Gasteiger partial charge in [-0.15, -0.1) is 0 Å². The van der Waals surface area contributed by atoms with Gasteiger partial charge in [-0.25, -0.2) is 0 Å².